The van der Waals surface area contributed by atoms with Gasteiger partial charge in [-0.2, -0.15) is 5.26 Å². The van der Waals surface area contributed by atoms with Crippen molar-refractivity contribution in [1.29, 1.82) is 5.26 Å². The quantitative estimate of drug-likeness (QED) is 0.446. The molecule has 1 N–H and O–H groups in total. The Balaban J connectivity index is 1.58. The van der Waals surface area contributed by atoms with Crippen LogP contribution in [0, 0.1) is 11.3 Å². The van der Waals surface area contributed by atoms with Crippen LogP contribution >= 0.6 is 0 Å². The number of nitrogens with one attached hydrogen (secondary N) is 1. The molecule has 34 heavy (non-hydrogen) atoms. The van der Waals surface area contributed by atoms with E-state index >= 15 is 0 Å². The largest absolute Gasteiger partial charge is 0.339 e. The van der Waals surface area contributed by atoms with Gasteiger partial charge in [-0.15, -0.1) is 0 Å². The predicted octanol–water partition coefficient (Wildman–Crippen LogP) is 4.26. The van der Waals surface area contributed by atoms with Crippen molar-refractivity contribution in [3.8, 4) is 17.3 Å². The molecule has 7 heteroatoms. The fourth-order valence-electron chi connectivity index (χ4n) is 4.10. The molecule has 1 aliphatic rings. The van der Waals surface area contributed by atoms with Gasteiger partial charge in [0, 0.05) is 42.0 Å². The molecule has 0 atom stereocenters. The van der Waals surface area contributed by atoms with Gasteiger partial charge in [0.1, 0.15) is 0 Å². The number of rotatable bonds is 6. The first kappa shape index (κ1) is 23.1. The molecule has 0 bridgehead atoms. The number of hydrogen-bond acceptors (Lipinski definition) is 5. The predicted molar refractivity (Wildman–Crippen MR) is 134 cm³/mol. The van der Waals surface area contributed by atoms with E-state index in [4.69, 9.17) is 5.26 Å². The van der Waals surface area contributed by atoms with Crippen molar-refractivity contribution in [3.05, 3.63) is 84.5 Å². The van der Waals surface area contributed by atoms with Crippen molar-refractivity contribution in [2.75, 3.05) is 20.1 Å². The van der Waals surface area contributed by atoms with Gasteiger partial charge in [-0.25, -0.2) is 4.98 Å². The minimum absolute atomic E-state index is 0.0721. The molecule has 4 rings (SSSR count). The highest BCUT2D eigenvalue weighted by molar-refractivity contribution is 5.94. The molecule has 7 nitrogen and oxygen atoms in total. The number of nitrogens with zero attached hydrogens (tertiary/aromatic N) is 5. The molecule has 3 aromatic rings. The Kier molecular flexibility index (Phi) is 7.00. The van der Waals surface area contributed by atoms with Crippen molar-refractivity contribution in [3.63, 3.8) is 0 Å². The van der Waals surface area contributed by atoms with Crippen molar-refractivity contribution >= 4 is 17.1 Å². The van der Waals surface area contributed by atoms with E-state index in [1.807, 2.05) is 52.9 Å². The Morgan fingerprint density at radius 3 is 2.56 bits per heavy atom. The van der Waals surface area contributed by atoms with Gasteiger partial charge in [-0.3, -0.25) is 14.2 Å². The van der Waals surface area contributed by atoms with Crippen LogP contribution in [0.3, 0.4) is 0 Å². The molecular formula is C27H28N6O. The lowest BCUT2D eigenvalue weighted by molar-refractivity contribution is 0.0707. The summed E-state index contributed by atoms with van der Waals surface area (Å²) in [5.74, 6) is 0.0721. The molecule has 0 unspecified atom stereocenters. The molecule has 0 radical (unpaired) electrons. The third-order valence-electron chi connectivity index (χ3n) is 6.22. The summed E-state index contributed by atoms with van der Waals surface area (Å²) in [6, 6.07) is 10.2. The van der Waals surface area contributed by atoms with Crippen molar-refractivity contribution in [2.24, 2.45) is 0 Å². The summed E-state index contributed by atoms with van der Waals surface area (Å²) in [7, 11) is 1.97. The fraction of sp³-hybridized carbons (Fsp3) is 0.259. The second-order valence-corrected chi connectivity index (χ2v) is 8.36. The number of fused-ring (bicyclic) bond motifs is 1. The zero-order valence-corrected chi connectivity index (χ0v) is 19.5. The summed E-state index contributed by atoms with van der Waals surface area (Å²) in [6.45, 7) is 7.21. The average molecular weight is 453 g/mol. The normalized spacial score (nSPS) is 15.4. The highest BCUT2D eigenvalue weighted by Crippen LogP contribution is 2.23. The molecule has 172 valence electrons. The van der Waals surface area contributed by atoms with E-state index in [0.29, 0.717) is 22.8 Å². The fourth-order valence-corrected chi connectivity index (χ4v) is 4.10. The summed E-state index contributed by atoms with van der Waals surface area (Å²) in [5.41, 5.74) is 5.40. The Labute approximate surface area is 199 Å². The van der Waals surface area contributed by atoms with Crippen LogP contribution in [0.25, 0.3) is 22.5 Å². The van der Waals surface area contributed by atoms with Gasteiger partial charge in [0.05, 0.1) is 29.9 Å². The number of likely N-dealkylation sites (tertiary alicyclic amines) is 1. The van der Waals surface area contributed by atoms with Crippen LogP contribution in [0.4, 0.5) is 0 Å². The SMILES string of the molecule is C=C/C(=C\C=C(/C)C#N)c1cnc2cnc(-c3ccc(C(=O)N4CCC(NC)CC4)cc3)cn12. The molecular weight excluding hydrogens is 424 g/mol. The Bertz CT molecular complexity index is 1300. The number of hydrogen-bond donors (Lipinski definition) is 1. The van der Waals surface area contributed by atoms with Crippen molar-refractivity contribution in [2.45, 2.75) is 25.8 Å². The van der Waals surface area contributed by atoms with Gasteiger partial charge in [0.15, 0.2) is 5.65 Å². The van der Waals surface area contributed by atoms with E-state index in [1.54, 1.807) is 31.5 Å². The maximum absolute atomic E-state index is 12.9. The van der Waals surface area contributed by atoms with Gasteiger partial charge in [0.25, 0.3) is 5.91 Å². The summed E-state index contributed by atoms with van der Waals surface area (Å²) in [6.07, 6.45) is 12.7. The number of aromatic nitrogens is 3. The minimum atomic E-state index is 0.0721. The first-order chi connectivity index (χ1) is 16.5. The van der Waals surface area contributed by atoms with E-state index in [9.17, 15) is 4.79 Å². The minimum Gasteiger partial charge on any atom is -0.339 e. The first-order valence-corrected chi connectivity index (χ1v) is 11.4. The molecule has 1 aliphatic heterocycles. The molecule has 1 amide bonds. The van der Waals surface area contributed by atoms with Crippen LogP contribution in [0.2, 0.25) is 0 Å². The Morgan fingerprint density at radius 2 is 1.91 bits per heavy atom. The molecule has 1 saturated heterocycles. The van der Waals surface area contributed by atoms with Gasteiger partial charge in [-0.05, 0) is 50.6 Å². The maximum atomic E-state index is 12.9. The summed E-state index contributed by atoms with van der Waals surface area (Å²) >= 11 is 0. The van der Waals surface area contributed by atoms with E-state index < -0.39 is 0 Å². The van der Waals surface area contributed by atoms with Crippen LogP contribution in [0.15, 0.2) is 73.2 Å². The van der Waals surface area contributed by atoms with Crippen LogP contribution < -0.4 is 5.32 Å². The number of carbonyl (C=O) groups excluding carboxylic acids is 1. The van der Waals surface area contributed by atoms with E-state index in [0.717, 1.165) is 48.5 Å². The highest BCUT2D eigenvalue weighted by Gasteiger charge is 2.22. The van der Waals surface area contributed by atoms with Gasteiger partial charge in [0.2, 0.25) is 0 Å². The molecule has 1 aromatic carbocycles. The number of imidazole rings is 1. The van der Waals surface area contributed by atoms with Gasteiger partial charge < -0.3 is 10.2 Å². The van der Waals surface area contributed by atoms with Crippen LogP contribution in [-0.4, -0.2) is 51.4 Å². The molecule has 0 saturated carbocycles. The number of piperidine rings is 1. The number of benzene rings is 1. The third-order valence-corrected chi connectivity index (χ3v) is 6.22. The summed E-state index contributed by atoms with van der Waals surface area (Å²) in [5, 5.41) is 12.3. The smallest absolute Gasteiger partial charge is 0.253 e. The lowest BCUT2D eigenvalue weighted by atomic mass is 10.0. The maximum Gasteiger partial charge on any atom is 0.253 e. The monoisotopic (exact) mass is 452 g/mol. The standard InChI is InChI=1S/C27H28N6O/c1-4-20(6-5-19(2)15-28)25-16-31-26-17-30-24(18-33(25)26)21-7-9-22(10-8-21)27(34)32-13-11-23(29-3)12-14-32/h4-10,16-18,23,29H,1,11-14H2,2-3H3/b19-5+,20-6+. The average Bonchev–Trinajstić information content (AvgIpc) is 3.32. The lowest BCUT2D eigenvalue weighted by Crippen LogP contribution is -2.43. The molecule has 3 heterocycles. The van der Waals surface area contributed by atoms with Gasteiger partial charge in [-0.1, -0.05) is 30.9 Å². The van der Waals surface area contributed by atoms with E-state index in [2.05, 4.69) is 27.9 Å². The first-order valence-electron chi connectivity index (χ1n) is 11.4. The van der Waals surface area contributed by atoms with Crippen LogP contribution in [-0.2, 0) is 0 Å². The number of allylic oxidation sites excluding steroid dienone is 5. The molecule has 0 spiro atoms. The zero-order chi connectivity index (χ0) is 24.1. The Hall–Kier alpha value is -4.02. The third kappa shape index (κ3) is 4.82. The van der Waals surface area contributed by atoms with E-state index in [-0.39, 0.29) is 5.91 Å². The highest BCUT2D eigenvalue weighted by atomic mass is 16.2. The van der Waals surface area contributed by atoms with Crippen LogP contribution in [0.5, 0.6) is 0 Å². The molecule has 1 fully saturated rings. The van der Waals surface area contributed by atoms with Crippen LogP contribution in [0.1, 0.15) is 35.8 Å². The molecule has 0 aliphatic carbocycles. The molecule has 2 aromatic heterocycles. The topological polar surface area (TPSA) is 86.3 Å². The Morgan fingerprint density at radius 1 is 1.18 bits per heavy atom. The number of carbonyl (C=O) groups is 1. The second-order valence-electron chi connectivity index (χ2n) is 8.36. The van der Waals surface area contributed by atoms with Crippen molar-refractivity contribution in [1.82, 2.24) is 24.6 Å². The lowest BCUT2D eigenvalue weighted by Gasteiger charge is -2.31. The zero-order valence-electron chi connectivity index (χ0n) is 19.5. The van der Waals surface area contributed by atoms with E-state index in [1.165, 1.54) is 0 Å². The number of amides is 1. The van der Waals surface area contributed by atoms with Crippen molar-refractivity contribution < 1.29 is 4.79 Å². The van der Waals surface area contributed by atoms with Gasteiger partial charge >= 0.3 is 0 Å². The summed E-state index contributed by atoms with van der Waals surface area (Å²) < 4.78 is 1.95. The number of nitriles is 1. The second kappa shape index (κ2) is 10.3. The summed E-state index contributed by atoms with van der Waals surface area (Å²) in [4.78, 5) is 23.8.